The summed E-state index contributed by atoms with van der Waals surface area (Å²) < 4.78 is 54.9. The van der Waals surface area contributed by atoms with Crippen LogP contribution >= 0.6 is 11.8 Å². The highest BCUT2D eigenvalue weighted by Gasteiger charge is 2.35. The number of nitriles is 1. The summed E-state index contributed by atoms with van der Waals surface area (Å²) in [6.45, 7) is 10.7. The first kappa shape index (κ1) is 33.3. The van der Waals surface area contributed by atoms with Crippen molar-refractivity contribution in [2.24, 2.45) is 0 Å². The van der Waals surface area contributed by atoms with E-state index in [9.17, 15) is 27.6 Å². The van der Waals surface area contributed by atoms with Crippen LogP contribution in [0.3, 0.4) is 0 Å². The van der Waals surface area contributed by atoms with E-state index < -0.39 is 36.1 Å². The Bertz CT molecular complexity index is 1330. The van der Waals surface area contributed by atoms with E-state index in [1.807, 2.05) is 24.3 Å². The van der Waals surface area contributed by atoms with Gasteiger partial charge in [0.15, 0.2) is 0 Å². The summed E-state index contributed by atoms with van der Waals surface area (Å²) in [5, 5.41) is 14.8. The van der Waals surface area contributed by atoms with Crippen LogP contribution in [0.5, 0.6) is 0 Å². The molecule has 1 amide bonds. The smallest absolute Gasteiger partial charge is 0.380 e. The fourth-order valence-electron chi connectivity index (χ4n) is 3.86. The van der Waals surface area contributed by atoms with Crippen LogP contribution in [0, 0.1) is 11.3 Å². The molecule has 1 aromatic carbocycles. The summed E-state index contributed by atoms with van der Waals surface area (Å²) in [7, 11) is 1.91. The number of benzene rings is 1. The molecule has 0 aliphatic heterocycles. The van der Waals surface area contributed by atoms with E-state index in [1.165, 1.54) is 36.4 Å². The number of carbonyl (C=O) groups is 1. The molecule has 6 nitrogen and oxygen atoms in total. The highest BCUT2D eigenvalue weighted by atomic mass is 32.2. The van der Waals surface area contributed by atoms with E-state index in [0.717, 1.165) is 5.88 Å². The molecule has 1 aromatic heterocycles. The van der Waals surface area contributed by atoms with Crippen LogP contribution in [0.25, 0.3) is 23.4 Å². The topological polar surface area (TPSA) is 81.0 Å². The molecular weight excluding hydrogens is 554 g/mol. The van der Waals surface area contributed by atoms with Gasteiger partial charge >= 0.3 is 6.18 Å². The van der Waals surface area contributed by atoms with Gasteiger partial charge in [0.25, 0.3) is 5.91 Å². The Morgan fingerprint density at radius 1 is 1.27 bits per heavy atom. The Morgan fingerprint density at radius 3 is 2.59 bits per heavy atom. The fourth-order valence-corrected chi connectivity index (χ4v) is 4.43. The highest BCUT2D eigenvalue weighted by molar-refractivity contribution is 7.98. The van der Waals surface area contributed by atoms with Crippen LogP contribution < -0.4 is 10.6 Å². The molecule has 0 saturated carbocycles. The highest BCUT2D eigenvalue weighted by Crippen LogP contribution is 2.36. The van der Waals surface area contributed by atoms with Gasteiger partial charge in [0.05, 0.1) is 40.2 Å². The molecule has 1 heterocycles. The van der Waals surface area contributed by atoms with Gasteiger partial charge in [-0.15, -0.1) is 11.8 Å². The number of pyridine rings is 1. The summed E-state index contributed by atoms with van der Waals surface area (Å²) >= 11 is 1.64. The minimum atomic E-state index is -4.76. The van der Waals surface area contributed by atoms with Crippen LogP contribution in [-0.4, -0.2) is 67.0 Å². The van der Waals surface area contributed by atoms with Gasteiger partial charge in [-0.05, 0) is 44.0 Å². The lowest BCUT2D eigenvalue weighted by Crippen LogP contribution is -2.34. The Labute approximate surface area is 242 Å². The number of amides is 1. The van der Waals surface area contributed by atoms with Crippen molar-refractivity contribution in [3.05, 3.63) is 89.8 Å². The number of nitrogens with one attached hydrogen (secondary N) is 2. The molecule has 218 valence electrons. The van der Waals surface area contributed by atoms with Gasteiger partial charge in [0.2, 0.25) is 0 Å². The zero-order valence-electron chi connectivity index (χ0n) is 23.0. The monoisotopic (exact) mass is 587 g/mol. The molecule has 11 heteroatoms. The Morgan fingerprint density at radius 2 is 1.98 bits per heavy atom. The first-order chi connectivity index (χ1) is 19.5. The third-order valence-electron chi connectivity index (χ3n) is 5.97. The zero-order chi connectivity index (χ0) is 30.6. The standard InChI is InChI=1S/C30H33F4N5OS/c1-6-25-27(21(3)37-24(17-31)13-15-39(4)19-41-5)16-23(38-28(25)20(2)30(32,33)34)11-9-14-36-29(40)26-12-8-7-10-22(26)18-35/h6-12,16,24,37H,1-3,13-15,17,19H2,4-5H3,(H,36,40)/b11-9+. The molecule has 2 rings (SSSR count). The molecule has 2 aromatic rings. The number of alkyl halides is 4. The first-order valence-corrected chi connectivity index (χ1v) is 13.9. The van der Waals surface area contributed by atoms with E-state index in [-0.39, 0.29) is 40.2 Å². The molecule has 0 spiro atoms. The van der Waals surface area contributed by atoms with Gasteiger partial charge in [-0.1, -0.05) is 44.0 Å². The quantitative estimate of drug-likeness (QED) is 0.192. The van der Waals surface area contributed by atoms with E-state index >= 15 is 0 Å². The molecular formula is C30H33F4N5OS. The lowest BCUT2D eigenvalue weighted by atomic mass is 9.97. The van der Waals surface area contributed by atoms with Crippen molar-refractivity contribution in [2.45, 2.75) is 18.6 Å². The maximum absolute atomic E-state index is 13.9. The average molecular weight is 588 g/mol. The third-order valence-corrected chi connectivity index (χ3v) is 6.67. The Kier molecular flexibility index (Phi) is 12.8. The minimum Gasteiger partial charge on any atom is -0.380 e. The second-order valence-electron chi connectivity index (χ2n) is 9.07. The molecule has 0 aliphatic carbocycles. The third kappa shape index (κ3) is 9.62. The summed E-state index contributed by atoms with van der Waals surface area (Å²) in [5.74, 6) is 0.293. The largest absolute Gasteiger partial charge is 0.417 e. The van der Waals surface area contributed by atoms with Crippen LogP contribution in [0.4, 0.5) is 17.6 Å². The second-order valence-corrected chi connectivity index (χ2v) is 9.90. The van der Waals surface area contributed by atoms with Crippen molar-refractivity contribution in [3.8, 4) is 6.07 Å². The van der Waals surface area contributed by atoms with Gasteiger partial charge in [0, 0.05) is 35.8 Å². The molecule has 1 unspecified atom stereocenters. The number of carbonyl (C=O) groups excluding carboxylic acids is 1. The minimum absolute atomic E-state index is 0.0149. The van der Waals surface area contributed by atoms with Gasteiger partial charge < -0.3 is 10.6 Å². The molecule has 0 fully saturated rings. The zero-order valence-corrected chi connectivity index (χ0v) is 23.8. The van der Waals surface area contributed by atoms with Gasteiger partial charge in [-0.2, -0.15) is 18.4 Å². The van der Waals surface area contributed by atoms with Crippen molar-refractivity contribution < 1.29 is 22.4 Å². The van der Waals surface area contributed by atoms with Crippen LogP contribution in [0.1, 0.15) is 44.9 Å². The molecule has 2 N–H and O–H groups in total. The number of nitrogens with zero attached hydrogens (tertiary/aromatic N) is 3. The number of halogens is 4. The first-order valence-electron chi connectivity index (χ1n) is 12.5. The lowest BCUT2D eigenvalue weighted by molar-refractivity contribution is -0.0689. The van der Waals surface area contributed by atoms with Crippen LogP contribution in [0.15, 0.2) is 56.1 Å². The van der Waals surface area contributed by atoms with Gasteiger partial charge in [-0.25, -0.2) is 9.37 Å². The van der Waals surface area contributed by atoms with Gasteiger partial charge in [-0.3, -0.25) is 9.69 Å². The Balaban J connectivity index is 2.35. The Hall–Kier alpha value is -3.88. The molecule has 0 bridgehead atoms. The average Bonchev–Trinajstić information content (AvgIpc) is 2.95. The van der Waals surface area contributed by atoms with Crippen molar-refractivity contribution in [1.82, 2.24) is 20.5 Å². The summed E-state index contributed by atoms with van der Waals surface area (Å²) in [6.07, 6.45) is 1.84. The number of allylic oxidation sites excluding steroid dienone is 1. The van der Waals surface area contributed by atoms with E-state index in [1.54, 1.807) is 23.9 Å². The normalized spacial score (nSPS) is 12.1. The molecule has 41 heavy (non-hydrogen) atoms. The summed E-state index contributed by atoms with van der Waals surface area (Å²) in [5.41, 5.74) is -0.522. The number of hydrogen-bond acceptors (Lipinski definition) is 6. The second kappa shape index (κ2) is 15.8. The van der Waals surface area contributed by atoms with E-state index in [0.29, 0.717) is 13.0 Å². The van der Waals surface area contributed by atoms with Crippen LogP contribution in [-0.2, 0) is 0 Å². The van der Waals surface area contributed by atoms with Crippen molar-refractivity contribution in [2.75, 3.05) is 38.9 Å². The number of aromatic nitrogens is 1. The number of rotatable bonds is 15. The van der Waals surface area contributed by atoms with Crippen molar-refractivity contribution in [3.63, 3.8) is 0 Å². The SMILES string of the molecule is C=Cc1c(C(=C)NC(CF)CCN(C)CSC)cc(/C=C/CNC(=O)c2ccccc2C#N)nc1C(=C)C(F)(F)F. The predicted octanol–water partition coefficient (Wildman–Crippen LogP) is 6.16. The summed E-state index contributed by atoms with van der Waals surface area (Å²) in [4.78, 5) is 18.6. The van der Waals surface area contributed by atoms with Gasteiger partial charge in [0.1, 0.15) is 6.67 Å². The maximum atomic E-state index is 13.9. The maximum Gasteiger partial charge on any atom is 0.417 e. The predicted molar refractivity (Wildman–Crippen MR) is 160 cm³/mol. The molecule has 1 atom stereocenters. The molecule has 0 saturated heterocycles. The summed E-state index contributed by atoms with van der Waals surface area (Å²) in [6, 6.07) is 9.14. The van der Waals surface area contributed by atoms with Crippen molar-refractivity contribution in [1.29, 1.82) is 5.26 Å². The van der Waals surface area contributed by atoms with Crippen LogP contribution in [0.2, 0.25) is 0 Å². The van der Waals surface area contributed by atoms with Crippen molar-refractivity contribution >= 4 is 41.1 Å². The molecule has 0 aliphatic rings. The number of thioether (sulfide) groups is 1. The van der Waals surface area contributed by atoms with E-state index in [4.69, 9.17) is 0 Å². The van der Waals surface area contributed by atoms with E-state index in [2.05, 4.69) is 35.4 Å². The molecule has 0 radical (unpaired) electrons. The fraction of sp³-hybridized carbons (Fsp3) is 0.300. The lowest BCUT2D eigenvalue weighted by Gasteiger charge is -2.24. The number of hydrogen-bond donors (Lipinski definition) is 2.